The summed E-state index contributed by atoms with van der Waals surface area (Å²) in [5.74, 6) is -5.05. The average Bonchev–Trinajstić information content (AvgIpc) is 2.83. The average molecular weight is 506 g/mol. The number of rotatable bonds is 11. The molecule has 0 heterocycles. The molecule has 0 aliphatic rings. The highest BCUT2D eigenvalue weighted by Gasteiger charge is 2.43. The molecule has 0 aromatic heterocycles. The first-order valence-electron chi connectivity index (χ1n) is 10.8. The van der Waals surface area contributed by atoms with Gasteiger partial charge in [0.1, 0.15) is 6.10 Å². The maximum absolute atomic E-state index is 13.0. The van der Waals surface area contributed by atoms with Crippen LogP contribution in [0.15, 0.2) is 60.7 Å². The Kier molecular flexibility index (Phi) is 10.2. The second-order valence-corrected chi connectivity index (χ2v) is 8.87. The molecule has 10 heteroatoms. The van der Waals surface area contributed by atoms with Crippen LogP contribution < -0.4 is 5.32 Å². The fourth-order valence-corrected chi connectivity index (χ4v) is 2.94. The van der Waals surface area contributed by atoms with Gasteiger partial charge in [-0.1, -0.05) is 36.4 Å². The number of carboxylic acids is 1. The number of alkyl halides is 1. The Balaban J connectivity index is 2.30. The van der Waals surface area contributed by atoms with Gasteiger partial charge in [-0.3, -0.25) is 0 Å². The second-order valence-electron chi connectivity index (χ2n) is 8.57. The summed E-state index contributed by atoms with van der Waals surface area (Å²) in [5, 5.41) is 12.9. The Hall–Kier alpha value is -3.43. The fourth-order valence-electron chi connectivity index (χ4n) is 2.77. The van der Waals surface area contributed by atoms with E-state index in [1.54, 1.807) is 36.4 Å². The van der Waals surface area contributed by atoms with Gasteiger partial charge in [0.25, 0.3) is 0 Å². The third-order valence-electron chi connectivity index (χ3n) is 4.55. The largest absolute Gasteiger partial charge is 0.478 e. The van der Waals surface area contributed by atoms with Gasteiger partial charge in [0.05, 0.1) is 17.0 Å². The van der Waals surface area contributed by atoms with Crippen LogP contribution in [0.3, 0.4) is 0 Å². The molecule has 0 radical (unpaired) electrons. The Bertz CT molecular complexity index is 1010. The molecular formula is C25H28ClNO8. The molecular weight excluding hydrogens is 478 g/mol. The van der Waals surface area contributed by atoms with Crippen molar-refractivity contribution in [3.8, 4) is 0 Å². The van der Waals surface area contributed by atoms with Gasteiger partial charge in [0.15, 0.2) is 0 Å². The molecule has 0 amide bonds. The highest BCUT2D eigenvalue weighted by molar-refractivity contribution is 6.18. The number of esters is 3. The molecule has 0 aliphatic heterocycles. The van der Waals surface area contributed by atoms with E-state index in [0.717, 1.165) is 0 Å². The highest BCUT2D eigenvalue weighted by atomic mass is 35.5. The maximum Gasteiger partial charge on any atom is 0.352 e. The predicted octanol–water partition coefficient (Wildman–Crippen LogP) is 3.06. The summed E-state index contributed by atoms with van der Waals surface area (Å²) in [6.07, 6.45) is -5.14. The van der Waals surface area contributed by atoms with E-state index in [4.69, 9.17) is 25.8 Å². The number of hydrogen-bond acceptors (Lipinski definition) is 8. The molecule has 3 atom stereocenters. The van der Waals surface area contributed by atoms with Crippen LogP contribution in [-0.4, -0.2) is 65.3 Å². The smallest absolute Gasteiger partial charge is 0.352 e. The van der Waals surface area contributed by atoms with E-state index in [-0.39, 0.29) is 29.1 Å². The van der Waals surface area contributed by atoms with Gasteiger partial charge in [-0.05, 0) is 45.0 Å². The number of hydrogen-bond donors (Lipinski definition) is 2. The van der Waals surface area contributed by atoms with Crippen molar-refractivity contribution in [3.63, 3.8) is 0 Å². The first kappa shape index (κ1) is 27.8. The van der Waals surface area contributed by atoms with Crippen molar-refractivity contribution in [3.05, 3.63) is 71.8 Å². The molecule has 0 saturated carbocycles. The first-order chi connectivity index (χ1) is 16.5. The van der Waals surface area contributed by atoms with Crippen molar-refractivity contribution in [2.45, 2.75) is 44.6 Å². The van der Waals surface area contributed by atoms with Crippen molar-refractivity contribution in [2.24, 2.45) is 0 Å². The van der Waals surface area contributed by atoms with E-state index in [9.17, 15) is 24.3 Å². The van der Waals surface area contributed by atoms with E-state index in [1.807, 2.05) is 20.8 Å². The molecule has 0 bridgehead atoms. The lowest BCUT2D eigenvalue weighted by Crippen LogP contribution is -2.49. The number of carboxylic acid groups (broad SMARTS) is 1. The summed E-state index contributed by atoms with van der Waals surface area (Å²) >= 11 is 5.93. The van der Waals surface area contributed by atoms with Gasteiger partial charge < -0.3 is 24.6 Å². The van der Waals surface area contributed by atoms with Gasteiger partial charge in [-0.2, -0.15) is 0 Å². The lowest BCUT2D eigenvalue weighted by Gasteiger charge is -2.27. The Labute approximate surface area is 208 Å². The second kappa shape index (κ2) is 12.9. The number of aliphatic carboxylic acids is 1. The summed E-state index contributed by atoms with van der Waals surface area (Å²) in [7, 11) is 0. The normalized spacial score (nSPS) is 13.7. The van der Waals surface area contributed by atoms with E-state index < -0.39 is 42.2 Å². The minimum Gasteiger partial charge on any atom is -0.478 e. The summed E-state index contributed by atoms with van der Waals surface area (Å²) < 4.78 is 15.6. The third kappa shape index (κ3) is 9.03. The molecule has 0 aliphatic carbocycles. The predicted molar refractivity (Wildman–Crippen MR) is 127 cm³/mol. The molecule has 2 aromatic rings. The summed E-state index contributed by atoms with van der Waals surface area (Å²) in [6.45, 7) is 5.84. The van der Waals surface area contributed by atoms with Crippen LogP contribution in [0.4, 0.5) is 0 Å². The van der Waals surface area contributed by atoms with Crippen LogP contribution in [0.25, 0.3) is 0 Å². The molecule has 0 unspecified atom stereocenters. The highest BCUT2D eigenvalue weighted by Crippen LogP contribution is 2.16. The van der Waals surface area contributed by atoms with E-state index in [1.165, 1.54) is 24.3 Å². The zero-order valence-corrected chi connectivity index (χ0v) is 20.4. The molecule has 188 valence electrons. The number of halogens is 1. The summed E-state index contributed by atoms with van der Waals surface area (Å²) in [5.41, 5.74) is -0.203. The van der Waals surface area contributed by atoms with Gasteiger partial charge in [-0.15, -0.1) is 11.6 Å². The van der Waals surface area contributed by atoms with Crippen molar-refractivity contribution in [2.75, 3.05) is 12.4 Å². The van der Waals surface area contributed by atoms with Crippen molar-refractivity contribution in [1.29, 1.82) is 0 Å². The molecule has 0 saturated heterocycles. The van der Waals surface area contributed by atoms with Crippen LogP contribution >= 0.6 is 11.6 Å². The molecule has 0 fully saturated rings. The molecule has 0 spiro atoms. The van der Waals surface area contributed by atoms with Gasteiger partial charge in [0, 0.05) is 12.1 Å². The van der Waals surface area contributed by atoms with Crippen LogP contribution in [0, 0.1) is 0 Å². The topological polar surface area (TPSA) is 128 Å². The quantitative estimate of drug-likeness (QED) is 0.269. The number of nitrogens with one attached hydrogen (secondary N) is 1. The van der Waals surface area contributed by atoms with Gasteiger partial charge in [0.2, 0.25) is 12.2 Å². The summed E-state index contributed by atoms with van der Waals surface area (Å²) in [6, 6.07) is 15.2. The minimum atomic E-state index is -2.17. The molecule has 9 nitrogen and oxygen atoms in total. The summed E-state index contributed by atoms with van der Waals surface area (Å²) in [4.78, 5) is 50.2. The first-order valence-corrected chi connectivity index (χ1v) is 11.3. The SMILES string of the molecule is CC(C)(C)NC[C@H](CCl)OC(=O)[C@@H](OC(=O)c1ccccc1)[C@@H](OC(=O)c1ccccc1)C(=O)O. The Morgan fingerprint density at radius 2 is 1.29 bits per heavy atom. The number of ether oxygens (including phenoxy) is 3. The zero-order valence-electron chi connectivity index (χ0n) is 19.6. The van der Waals surface area contributed by atoms with Crippen molar-refractivity contribution < 1.29 is 38.5 Å². The van der Waals surface area contributed by atoms with Crippen LogP contribution in [0.2, 0.25) is 0 Å². The van der Waals surface area contributed by atoms with E-state index in [2.05, 4.69) is 5.32 Å². The van der Waals surface area contributed by atoms with Gasteiger partial charge in [-0.25, -0.2) is 19.2 Å². The van der Waals surface area contributed by atoms with Crippen LogP contribution in [0.1, 0.15) is 41.5 Å². The van der Waals surface area contributed by atoms with Crippen LogP contribution in [-0.2, 0) is 23.8 Å². The molecule has 2 aromatic carbocycles. The number of carbonyl (C=O) groups excluding carboxylic acids is 3. The van der Waals surface area contributed by atoms with Crippen LogP contribution in [0.5, 0.6) is 0 Å². The third-order valence-corrected chi connectivity index (χ3v) is 4.90. The van der Waals surface area contributed by atoms with E-state index >= 15 is 0 Å². The standard InChI is InChI=1S/C25H28ClNO8/c1-25(2,3)27-15-18(14-26)33-24(32)20(35-23(31)17-12-8-5-9-13-17)19(21(28)29)34-22(30)16-10-6-4-7-11-16/h4-13,18-20,27H,14-15H2,1-3H3,(H,28,29)/t18-,19+,20-/m0/s1. The Morgan fingerprint density at radius 1 is 0.829 bits per heavy atom. The monoisotopic (exact) mass is 505 g/mol. The van der Waals surface area contributed by atoms with Gasteiger partial charge >= 0.3 is 23.9 Å². The number of benzene rings is 2. The van der Waals surface area contributed by atoms with Crippen molar-refractivity contribution >= 4 is 35.5 Å². The minimum absolute atomic E-state index is 0.0493. The fraction of sp³-hybridized carbons (Fsp3) is 0.360. The van der Waals surface area contributed by atoms with E-state index in [0.29, 0.717) is 0 Å². The molecule has 35 heavy (non-hydrogen) atoms. The molecule has 2 N–H and O–H groups in total. The Morgan fingerprint density at radius 3 is 1.69 bits per heavy atom. The zero-order chi connectivity index (χ0) is 26.0. The molecule has 2 rings (SSSR count). The lowest BCUT2D eigenvalue weighted by atomic mass is 10.1. The lowest BCUT2D eigenvalue weighted by molar-refractivity contribution is -0.173. The van der Waals surface area contributed by atoms with Crippen molar-refractivity contribution in [1.82, 2.24) is 5.32 Å². The number of carbonyl (C=O) groups is 4. The maximum atomic E-state index is 13.0.